The first-order chi connectivity index (χ1) is 36.7. The summed E-state index contributed by atoms with van der Waals surface area (Å²) in [4.78, 5) is 47.8. The van der Waals surface area contributed by atoms with Crippen LogP contribution in [0.25, 0.3) is 0 Å². The van der Waals surface area contributed by atoms with Gasteiger partial charge in [-0.2, -0.15) is 0 Å². The van der Waals surface area contributed by atoms with Crippen molar-refractivity contribution in [3.63, 3.8) is 0 Å². The standard InChI is InChI=1S/C55H108NO18P/c1-4-6-8-10-12-14-16-18-20-22-24-26-28-30-53(57)71-50-52(74-54(58)31-29-27-25-23-21-19-17-15-13-11-9-7-5-2)51-73-75(60,61)72-33-32-56-55(59)70-49-48-69-47-46-68-45-44-67-43-42-66-41-40-65-39-38-64-37-36-63-35-34-62-3/h52H,4-51H2,1-3H3,(H,56,59)(H,60,61)/t52-/m1/s1. The van der Waals surface area contributed by atoms with Crippen LogP contribution in [0.2, 0.25) is 0 Å². The molecule has 0 bridgehead atoms. The van der Waals surface area contributed by atoms with Gasteiger partial charge in [0.05, 0.1) is 112 Å². The molecule has 0 aromatic carbocycles. The number of nitrogens with one attached hydrogen (secondary N) is 1. The molecule has 446 valence electrons. The van der Waals surface area contributed by atoms with Crippen LogP contribution in [-0.4, -0.2) is 168 Å². The van der Waals surface area contributed by atoms with Gasteiger partial charge in [-0.25, -0.2) is 9.36 Å². The van der Waals surface area contributed by atoms with Gasteiger partial charge in [0.25, 0.3) is 0 Å². The Balaban J connectivity index is 4.26. The number of alkyl carbamates (subject to hydrolysis) is 1. The second kappa shape index (κ2) is 59.7. The average Bonchev–Trinajstić information content (AvgIpc) is 3.40. The number of carbonyl (C=O) groups is 3. The first-order valence-electron chi connectivity index (χ1n) is 29.1. The van der Waals surface area contributed by atoms with E-state index >= 15 is 0 Å². The third-order valence-corrected chi connectivity index (χ3v) is 12.9. The summed E-state index contributed by atoms with van der Waals surface area (Å²) in [6, 6.07) is 0. The van der Waals surface area contributed by atoms with E-state index in [0.29, 0.717) is 105 Å². The number of esters is 2. The van der Waals surface area contributed by atoms with Crippen LogP contribution in [0.15, 0.2) is 0 Å². The third kappa shape index (κ3) is 59.5. The summed E-state index contributed by atoms with van der Waals surface area (Å²) in [6.45, 7) is 9.60. The summed E-state index contributed by atoms with van der Waals surface area (Å²) in [5.41, 5.74) is 0. The summed E-state index contributed by atoms with van der Waals surface area (Å²) >= 11 is 0. The number of hydrogen-bond acceptors (Lipinski definition) is 17. The molecule has 1 unspecified atom stereocenters. The molecular formula is C55H108NO18P. The number of carbonyl (C=O) groups excluding carboxylic acids is 3. The lowest BCUT2D eigenvalue weighted by atomic mass is 10.0. The topological polar surface area (TPSA) is 221 Å². The van der Waals surface area contributed by atoms with Crippen LogP contribution >= 0.6 is 7.82 Å². The fourth-order valence-corrected chi connectivity index (χ4v) is 8.28. The highest BCUT2D eigenvalue weighted by atomic mass is 31.2. The van der Waals surface area contributed by atoms with Gasteiger partial charge >= 0.3 is 25.9 Å². The van der Waals surface area contributed by atoms with Crippen molar-refractivity contribution in [1.82, 2.24) is 5.32 Å². The zero-order valence-corrected chi connectivity index (χ0v) is 48.2. The van der Waals surface area contributed by atoms with Gasteiger partial charge in [0.15, 0.2) is 6.10 Å². The molecule has 2 atom stereocenters. The van der Waals surface area contributed by atoms with E-state index in [0.717, 1.165) is 38.5 Å². The van der Waals surface area contributed by atoms with Crippen molar-refractivity contribution in [3.8, 4) is 0 Å². The highest BCUT2D eigenvalue weighted by Gasteiger charge is 2.26. The minimum Gasteiger partial charge on any atom is -0.462 e. The normalized spacial score (nSPS) is 12.7. The Morgan fingerprint density at radius 1 is 0.400 bits per heavy atom. The molecule has 75 heavy (non-hydrogen) atoms. The minimum absolute atomic E-state index is 0.0230. The molecule has 0 aliphatic heterocycles. The Bertz CT molecular complexity index is 1270. The van der Waals surface area contributed by atoms with Gasteiger partial charge in [0, 0.05) is 26.5 Å². The largest absolute Gasteiger partial charge is 0.472 e. The molecule has 0 rings (SSSR count). The average molecular weight is 1100 g/mol. The second-order valence-corrected chi connectivity index (χ2v) is 20.2. The van der Waals surface area contributed by atoms with E-state index in [1.807, 2.05) is 0 Å². The van der Waals surface area contributed by atoms with Gasteiger partial charge in [-0.1, -0.05) is 168 Å². The number of hydrogen-bond donors (Lipinski definition) is 2. The number of unbranched alkanes of at least 4 members (excludes halogenated alkanes) is 24. The number of methoxy groups -OCH3 is 1. The fourth-order valence-electron chi connectivity index (χ4n) is 7.53. The molecule has 0 radical (unpaired) electrons. The molecule has 0 saturated carbocycles. The summed E-state index contributed by atoms with van der Waals surface area (Å²) < 4.78 is 81.8. The lowest BCUT2D eigenvalue weighted by molar-refractivity contribution is -0.161. The summed E-state index contributed by atoms with van der Waals surface area (Å²) in [6.07, 6.45) is 29.4. The predicted octanol–water partition coefficient (Wildman–Crippen LogP) is 11.0. The van der Waals surface area contributed by atoms with Crippen molar-refractivity contribution in [1.29, 1.82) is 0 Å². The molecule has 0 saturated heterocycles. The number of ether oxygens (including phenoxy) is 11. The molecule has 0 aliphatic carbocycles. The number of phosphoric acid groups is 1. The van der Waals surface area contributed by atoms with Crippen LogP contribution in [0, 0.1) is 0 Å². The molecule has 0 fully saturated rings. The van der Waals surface area contributed by atoms with E-state index in [9.17, 15) is 23.8 Å². The SMILES string of the molecule is CCCCCCCCCCCCCCCC(=O)OC[C@H](COP(=O)(O)OCCNC(=O)OCCOCCOCCOCCOCCOCCOCCOCCOC)OC(=O)CCCCCCCCCCCCCCC. The lowest BCUT2D eigenvalue weighted by Gasteiger charge is -2.20. The highest BCUT2D eigenvalue weighted by Crippen LogP contribution is 2.43. The van der Waals surface area contributed by atoms with Gasteiger partial charge in [-0.15, -0.1) is 0 Å². The zero-order valence-electron chi connectivity index (χ0n) is 47.4. The third-order valence-electron chi connectivity index (χ3n) is 11.9. The Morgan fingerprint density at radius 3 is 1.11 bits per heavy atom. The Morgan fingerprint density at radius 2 is 0.733 bits per heavy atom. The van der Waals surface area contributed by atoms with Crippen molar-refractivity contribution >= 4 is 25.9 Å². The first kappa shape index (κ1) is 73.0. The second-order valence-electron chi connectivity index (χ2n) is 18.7. The van der Waals surface area contributed by atoms with E-state index in [1.165, 1.54) is 116 Å². The molecule has 1 amide bonds. The van der Waals surface area contributed by atoms with Gasteiger partial charge < -0.3 is 62.3 Å². The highest BCUT2D eigenvalue weighted by molar-refractivity contribution is 7.47. The molecule has 0 heterocycles. The van der Waals surface area contributed by atoms with E-state index in [-0.39, 0.29) is 45.8 Å². The molecule has 2 N–H and O–H groups in total. The molecule has 20 heteroatoms. The number of phosphoric ester groups is 1. The Labute approximate surface area is 453 Å². The Hall–Kier alpha value is -2.00. The first-order valence-corrected chi connectivity index (χ1v) is 30.6. The summed E-state index contributed by atoms with van der Waals surface area (Å²) in [7, 11) is -3.00. The molecule has 19 nitrogen and oxygen atoms in total. The quantitative estimate of drug-likeness (QED) is 0.0250. The minimum atomic E-state index is -4.63. The van der Waals surface area contributed by atoms with Gasteiger partial charge in [-0.3, -0.25) is 18.6 Å². The molecule has 0 aliphatic rings. The maximum atomic E-state index is 12.8. The summed E-state index contributed by atoms with van der Waals surface area (Å²) in [5, 5.41) is 2.42. The molecule has 0 aromatic rings. The fraction of sp³-hybridized carbons (Fsp3) is 0.945. The predicted molar refractivity (Wildman–Crippen MR) is 290 cm³/mol. The van der Waals surface area contributed by atoms with Crippen LogP contribution < -0.4 is 5.32 Å². The van der Waals surface area contributed by atoms with Crippen LogP contribution in [0.1, 0.15) is 194 Å². The molecule has 0 spiro atoms. The smallest absolute Gasteiger partial charge is 0.462 e. The monoisotopic (exact) mass is 1100 g/mol. The van der Waals surface area contributed by atoms with Crippen molar-refractivity contribution in [2.24, 2.45) is 0 Å². The number of amides is 1. The maximum absolute atomic E-state index is 12.8. The zero-order chi connectivity index (χ0) is 54.7. The Kier molecular flexibility index (Phi) is 58.1. The van der Waals surface area contributed by atoms with E-state index in [4.69, 9.17) is 61.2 Å². The number of rotatable bonds is 62. The van der Waals surface area contributed by atoms with E-state index in [2.05, 4.69) is 19.2 Å². The van der Waals surface area contributed by atoms with Crippen molar-refractivity contribution in [3.05, 3.63) is 0 Å². The van der Waals surface area contributed by atoms with Crippen LogP contribution in [0.3, 0.4) is 0 Å². The van der Waals surface area contributed by atoms with Gasteiger partial charge in [-0.05, 0) is 12.8 Å². The molecule has 0 aromatic heterocycles. The van der Waals surface area contributed by atoms with Gasteiger partial charge in [0.1, 0.15) is 13.2 Å². The maximum Gasteiger partial charge on any atom is 0.472 e. The van der Waals surface area contributed by atoms with Crippen LogP contribution in [0.4, 0.5) is 4.79 Å². The van der Waals surface area contributed by atoms with Gasteiger partial charge in [0.2, 0.25) is 0 Å². The van der Waals surface area contributed by atoms with Crippen LogP contribution in [0.5, 0.6) is 0 Å². The van der Waals surface area contributed by atoms with Crippen molar-refractivity contribution in [2.45, 2.75) is 200 Å². The molecular weight excluding hydrogens is 994 g/mol. The van der Waals surface area contributed by atoms with Crippen LogP contribution in [-0.2, 0) is 75.3 Å². The van der Waals surface area contributed by atoms with E-state index in [1.54, 1.807) is 7.11 Å². The lowest BCUT2D eigenvalue weighted by Crippen LogP contribution is -2.30. The van der Waals surface area contributed by atoms with E-state index < -0.39 is 38.6 Å². The van der Waals surface area contributed by atoms with Crippen molar-refractivity contribution in [2.75, 3.05) is 139 Å². The summed E-state index contributed by atoms with van der Waals surface area (Å²) in [5.74, 6) is -0.926. The van der Waals surface area contributed by atoms with Crippen molar-refractivity contribution < 1.29 is 85.0 Å².